The average molecular weight is 389 g/mol. The summed E-state index contributed by atoms with van der Waals surface area (Å²) < 4.78 is 5.53. The molecule has 148 valence electrons. The molecule has 1 aromatic carbocycles. The van der Waals surface area contributed by atoms with Gasteiger partial charge in [0.25, 0.3) is 0 Å². The van der Waals surface area contributed by atoms with Gasteiger partial charge in [-0.05, 0) is 37.1 Å². The molecule has 7 nitrogen and oxygen atoms in total. The number of hydrogen-bond donors (Lipinski definition) is 2. The number of rotatable bonds is 4. The molecule has 1 saturated heterocycles. The van der Waals surface area contributed by atoms with E-state index in [-0.39, 0.29) is 5.75 Å². The van der Waals surface area contributed by atoms with Crippen molar-refractivity contribution in [3.63, 3.8) is 0 Å². The molecule has 2 bridgehead atoms. The van der Waals surface area contributed by atoms with Crippen molar-refractivity contribution in [3.8, 4) is 28.3 Å². The van der Waals surface area contributed by atoms with Crippen molar-refractivity contribution in [2.75, 3.05) is 11.9 Å². The van der Waals surface area contributed by atoms with Crippen LogP contribution < -0.4 is 10.2 Å². The molecule has 0 spiro atoms. The Morgan fingerprint density at radius 3 is 2.79 bits per heavy atom. The topological polar surface area (TPSA) is 87.3 Å². The lowest BCUT2D eigenvalue weighted by Gasteiger charge is -2.35. The normalized spacial score (nSPS) is 20.3. The first kappa shape index (κ1) is 17.7. The lowest BCUT2D eigenvalue weighted by atomic mass is 9.99. The molecule has 7 heteroatoms. The summed E-state index contributed by atoms with van der Waals surface area (Å²) in [7, 11) is 2.07. The van der Waals surface area contributed by atoms with Gasteiger partial charge in [0, 0.05) is 49.3 Å². The second kappa shape index (κ2) is 6.92. The van der Waals surface area contributed by atoms with Gasteiger partial charge in [-0.25, -0.2) is 4.98 Å². The highest BCUT2D eigenvalue weighted by molar-refractivity contribution is 5.72. The van der Waals surface area contributed by atoms with E-state index in [4.69, 9.17) is 4.42 Å². The number of aromatic nitrogens is 3. The van der Waals surface area contributed by atoms with E-state index < -0.39 is 0 Å². The number of nitrogens with one attached hydrogen (secondary N) is 1. The van der Waals surface area contributed by atoms with Gasteiger partial charge >= 0.3 is 0 Å². The van der Waals surface area contributed by atoms with Gasteiger partial charge < -0.3 is 19.7 Å². The molecule has 0 radical (unpaired) electrons. The highest BCUT2D eigenvalue weighted by Gasteiger charge is 2.30. The van der Waals surface area contributed by atoms with Crippen LogP contribution in [0.25, 0.3) is 22.6 Å². The van der Waals surface area contributed by atoms with Crippen molar-refractivity contribution in [1.82, 2.24) is 20.5 Å². The Hall–Kier alpha value is -3.35. The summed E-state index contributed by atoms with van der Waals surface area (Å²) in [5.41, 5.74) is 3.38. The number of hydrogen-bond acceptors (Lipinski definition) is 7. The number of anilines is 1. The van der Waals surface area contributed by atoms with E-state index in [0.29, 0.717) is 35.0 Å². The van der Waals surface area contributed by atoms with E-state index in [9.17, 15) is 5.11 Å². The summed E-state index contributed by atoms with van der Waals surface area (Å²) in [6.45, 7) is 1.79. The van der Waals surface area contributed by atoms with E-state index in [2.05, 4.69) is 38.5 Å². The van der Waals surface area contributed by atoms with E-state index in [1.165, 1.54) is 5.70 Å². The Morgan fingerprint density at radius 2 is 2.10 bits per heavy atom. The molecule has 2 N–H and O–H groups in total. The zero-order valence-electron chi connectivity index (χ0n) is 16.5. The van der Waals surface area contributed by atoms with Crippen LogP contribution >= 0.6 is 0 Å². The second-order valence-electron chi connectivity index (χ2n) is 7.76. The van der Waals surface area contributed by atoms with Gasteiger partial charge in [-0.15, -0.1) is 10.2 Å². The van der Waals surface area contributed by atoms with E-state index in [1.54, 1.807) is 19.2 Å². The summed E-state index contributed by atoms with van der Waals surface area (Å²) in [6, 6.07) is 10.2. The molecule has 0 saturated carbocycles. The Kier molecular flexibility index (Phi) is 4.23. The molecule has 2 atom stereocenters. The largest absolute Gasteiger partial charge is 0.507 e. The average Bonchev–Trinajstić information content (AvgIpc) is 3.32. The standard InChI is InChI=1S/C22H23N5O2/c1-13-23-12-21(29-13)14-3-6-18(20(28)9-14)19-7-8-22(26-25-19)27(2)17-10-15-4-5-16(11-17)24-15/h3-4,6-9,12,16-17,24,28H,5,10-11H2,1-2H3/t16?,17-/m1/s1. The monoisotopic (exact) mass is 389 g/mol. The highest BCUT2D eigenvalue weighted by Crippen LogP contribution is 2.34. The summed E-state index contributed by atoms with van der Waals surface area (Å²) in [5.74, 6) is 2.19. The van der Waals surface area contributed by atoms with Crippen LogP contribution in [-0.2, 0) is 0 Å². The molecule has 1 fully saturated rings. The molecule has 2 aromatic heterocycles. The van der Waals surface area contributed by atoms with Crippen LogP contribution in [0, 0.1) is 6.92 Å². The predicted molar refractivity (Wildman–Crippen MR) is 110 cm³/mol. The third-order valence-corrected chi connectivity index (χ3v) is 5.79. The smallest absolute Gasteiger partial charge is 0.191 e. The van der Waals surface area contributed by atoms with Crippen molar-refractivity contribution in [3.05, 3.63) is 54.2 Å². The number of aryl methyl sites for hydroxylation is 1. The van der Waals surface area contributed by atoms with Gasteiger partial charge in [-0.2, -0.15) is 0 Å². The molecular formula is C22H23N5O2. The maximum Gasteiger partial charge on any atom is 0.191 e. The first-order valence-corrected chi connectivity index (χ1v) is 9.85. The van der Waals surface area contributed by atoms with Gasteiger partial charge in [-0.3, -0.25) is 0 Å². The molecule has 1 unspecified atom stereocenters. The van der Waals surface area contributed by atoms with Crippen molar-refractivity contribution in [1.29, 1.82) is 0 Å². The summed E-state index contributed by atoms with van der Waals surface area (Å²) in [5, 5.41) is 22.8. The van der Waals surface area contributed by atoms with E-state index in [0.717, 1.165) is 30.6 Å². The van der Waals surface area contributed by atoms with Crippen molar-refractivity contribution >= 4 is 5.82 Å². The number of phenols is 1. The Labute approximate surface area is 169 Å². The van der Waals surface area contributed by atoms with Gasteiger partial charge in [-0.1, -0.05) is 12.1 Å². The minimum Gasteiger partial charge on any atom is -0.507 e. The summed E-state index contributed by atoms with van der Waals surface area (Å²) in [6.07, 6.45) is 7.19. The van der Waals surface area contributed by atoms with Gasteiger partial charge in [0.1, 0.15) is 5.75 Å². The molecule has 3 aromatic rings. The van der Waals surface area contributed by atoms with E-state index in [1.807, 2.05) is 24.3 Å². The molecule has 5 rings (SSSR count). The summed E-state index contributed by atoms with van der Waals surface area (Å²) in [4.78, 5) is 6.31. The number of oxazole rings is 1. The zero-order chi connectivity index (χ0) is 20.0. The first-order chi connectivity index (χ1) is 14.1. The number of nitrogens with zero attached hydrogens (tertiary/aromatic N) is 4. The molecule has 0 amide bonds. The third kappa shape index (κ3) is 3.33. The van der Waals surface area contributed by atoms with Crippen molar-refractivity contribution in [2.24, 2.45) is 0 Å². The Bertz CT molecular complexity index is 1070. The second-order valence-corrected chi connectivity index (χ2v) is 7.76. The van der Waals surface area contributed by atoms with Gasteiger partial charge in [0.05, 0.1) is 11.9 Å². The first-order valence-electron chi connectivity index (χ1n) is 9.85. The molecule has 0 aliphatic carbocycles. The highest BCUT2D eigenvalue weighted by atomic mass is 16.4. The fourth-order valence-corrected chi connectivity index (χ4v) is 4.16. The lowest BCUT2D eigenvalue weighted by molar-refractivity contribution is 0.423. The zero-order valence-corrected chi connectivity index (χ0v) is 16.5. The fraction of sp³-hybridized carbons (Fsp3) is 0.318. The molecule has 2 aliphatic heterocycles. The van der Waals surface area contributed by atoms with Crippen molar-refractivity contribution in [2.45, 2.75) is 38.3 Å². The number of fused-ring (bicyclic) bond motifs is 2. The van der Waals surface area contributed by atoms with Crippen LogP contribution in [0.4, 0.5) is 5.82 Å². The Balaban J connectivity index is 1.35. The van der Waals surface area contributed by atoms with Gasteiger partial charge in [0.15, 0.2) is 17.5 Å². The third-order valence-electron chi connectivity index (χ3n) is 5.79. The van der Waals surface area contributed by atoms with E-state index >= 15 is 0 Å². The van der Waals surface area contributed by atoms with Crippen LogP contribution in [0.1, 0.15) is 25.2 Å². The fourth-order valence-electron chi connectivity index (χ4n) is 4.16. The molecule has 29 heavy (non-hydrogen) atoms. The minimum absolute atomic E-state index is 0.133. The SMILES string of the molecule is Cc1ncc(-c2ccc(-c3ccc(N(C)[C@@H]4CC5=CCC(C4)N5)nn3)c(O)c2)o1. The number of piperidine rings is 1. The quantitative estimate of drug-likeness (QED) is 0.704. The Morgan fingerprint density at radius 1 is 1.21 bits per heavy atom. The number of benzene rings is 1. The van der Waals surface area contributed by atoms with Crippen LogP contribution in [0.2, 0.25) is 0 Å². The van der Waals surface area contributed by atoms with Gasteiger partial charge in [0.2, 0.25) is 0 Å². The maximum atomic E-state index is 10.5. The molecule has 4 heterocycles. The predicted octanol–water partition coefficient (Wildman–Crippen LogP) is 3.66. The van der Waals surface area contributed by atoms with Crippen LogP contribution in [0.15, 0.2) is 52.7 Å². The maximum absolute atomic E-state index is 10.5. The van der Waals surface area contributed by atoms with Crippen molar-refractivity contribution < 1.29 is 9.52 Å². The minimum atomic E-state index is 0.133. The van der Waals surface area contributed by atoms with Crippen LogP contribution in [0.3, 0.4) is 0 Å². The number of phenolic OH excluding ortho intramolecular Hbond substituents is 1. The molecule has 2 aliphatic rings. The lowest BCUT2D eigenvalue weighted by Crippen LogP contribution is -2.43. The number of aromatic hydroxyl groups is 1. The van der Waals surface area contributed by atoms with Crippen LogP contribution in [-0.4, -0.2) is 39.4 Å². The summed E-state index contributed by atoms with van der Waals surface area (Å²) >= 11 is 0. The van der Waals surface area contributed by atoms with Crippen LogP contribution in [0.5, 0.6) is 5.75 Å². The molecular weight excluding hydrogens is 366 g/mol.